The lowest BCUT2D eigenvalue weighted by atomic mass is 9.93. The second kappa shape index (κ2) is 3.79. The zero-order chi connectivity index (χ0) is 11.0. The third-order valence-electron chi connectivity index (χ3n) is 2.54. The molecule has 1 heterocycles. The van der Waals surface area contributed by atoms with Crippen LogP contribution in [0.15, 0.2) is 0 Å². The highest BCUT2D eigenvalue weighted by Gasteiger charge is 2.34. The molecule has 1 aliphatic rings. The van der Waals surface area contributed by atoms with Crippen molar-refractivity contribution in [3.8, 4) is 0 Å². The summed E-state index contributed by atoms with van der Waals surface area (Å²) < 4.78 is 24.2. The van der Waals surface area contributed by atoms with Crippen LogP contribution in [0, 0.1) is 5.92 Å². The SMILES string of the molecule is CC(C)(C)N1CC(CNS(C)(=O)=O)C1. The molecule has 0 amide bonds. The highest BCUT2D eigenvalue weighted by Crippen LogP contribution is 2.24. The average Bonchev–Trinajstić information content (AvgIpc) is 1.76. The Morgan fingerprint density at radius 2 is 1.86 bits per heavy atom. The monoisotopic (exact) mass is 220 g/mol. The first kappa shape index (κ1) is 11.9. The Kier molecular flexibility index (Phi) is 3.23. The van der Waals surface area contributed by atoms with Crippen LogP contribution in [0.25, 0.3) is 0 Å². The van der Waals surface area contributed by atoms with Crippen molar-refractivity contribution in [1.82, 2.24) is 9.62 Å². The van der Waals surface area contributed by atoms with Crippen LogP contribution in [0.3, 0.4) is 0 Å². The molecule has 0 radical (unpaired) electrons. The molecule has 1 fully saturated rings. The Morgan fingerprint density at radius 3 is 2.21 bits per heavy atom. The van der Waals surface area contributed by atoms with Gasteiger partial charge in [-0.25, -0.2) is 13.1 Å². The van der Waals surface area contributed by atoms with Crippen molar-refractivity contribution in [2.24, 2.45) is 5.92 Å². The summed E-state index contributed by atoms with van der Waals surface area (Å²) in [7, 11) is -3.02. The quantitative estimate of drug-likeness (QED) is 0.742. The molecule has 0 spiro atoms. The summed E-state index contributed by atoms with van der Waals surface area (Å²) >= 11 is 0. The second-order valence-electron chi connectivity index (χ2n) is 5.06. The van der Waals surface area contributed by atoms with Gasteiger partial charge in [-0.1, -0.05) is 0 Å². The summed E-state index contributed by atoms with van der Waals surface area (Å²) in [6.45, 7) is 9.08. The maximum absolute atomic E-state index is 10.8. The standard InChI is InChI=1S/C9H20N2O2S/c1-9(2,3)11-6-8(7-11)5-10-14(4,12)13/h8,10H,5-7H2,1-4H3. The maximum atomic E-state index is 10.8. The minimum absolute atomic E-state index is 0.210. The molecule has 0 bridgehead atoms. The van der Waals surface area contributed by atoms with Crippen molar-refractivity contribution < 1.29 is 8.42 Å². The molecule has 1 rings (SSSR count). The van der Waals surface area contributed by atoms with Crippen LogP contribution < -0.4 is 4.72 Å². The number of sulfonamides is 1. The molecule has 0 saturated carbocycles. The third kappa shape index (κ3) is 3.55. The summed E-state index contributed by atoms with van der Waals surface area (Å²) in [5.41, 5.74) is 0.210. The third-order valence-corrected chi connectivity index (χ3v) is 3.23. The van der Waals surface area contributed by atoms with E-state index in [0.29, 0.717) is 12.5 Å². The summed E-state index contributed by atoms with van der Waals surface area (Å²) in [5.74, 6) is 0.476. The molecule has 0 aliphatic carbocycles. The first-order valence-corrected chi connectivity index (χ1v) is 6.77. The molecule has 4 nitrogen and oxygen atoms in total. The van der Waals surface area contributed by atoms with Gasteiger partial charge in [0, 0.05) is 25.2 Å². The van der Waals surface area contributed by atoms with Gasteiger partial charge < -0.3 is 0 Å². The lowest BCUT2D eigenvalue weighted by Crippen LogP contribution is -2.58. The minimum atomic E-state index is -3.02. The highest BCUT2D eigenvalue weighted by molar-refractivity contribution is 7.88. The van der Waals surface area contributed by atoms with Crippen molar-refractivity contribution in [2.45, 2.75) is 26.3 Å². The van der Waals surface area contributed by atoms with E-state index >= 15 is 0 Å². The van der Waals surface area contributed by atoms with Crippen LogP contribution in [-0.4, -0.2) is 44.7 Å². The first-order valence-electron chi connectivity index (χ1n) is 4.88. The highest BCUT2D eigenvalue weighted by atomic mass is 32.2. The summed E-state index contributed by atoms with van der Waals surface area (Å²) in [5, 5.41) is 0. The van der Waals surface area contributed by atoms with Crippen molar-refractivity contribution in [2.75, 3.05) is 25.9 Å². The van der Waals surface area contributed by atoms with Gasteiger partial charge in [0.2, 0.25) is 10.0 Å². The zero-order valence-electron chi connectivity index (χ0n) is 9.37. The fraction of sp³-hybridized carbons (Fsp3) is 1.00. The van der Waals surface area contributed by atoms with Gasteiger partial charge in [-0.05, 0) is 26.7 Å². The number of nitrogens with zero attached hydrogens (tertiary/aromatic N) is 1. The van der Waals surface area contributed by atoms with Gasteiger partial charge in [-0.2, -0.15) is 0 Å². The van der Waals surface area contributed by atoms with Crippen LogP contribution in [-0.2, 0) is 10.0 Å². The first-order chi connectivity index (χ1) is 6.18. The van der Waals surface area contributed by atoms with E-state index in [1.807, 2.05) is 0 Å². The lowest BCUT2D eigenvalue weighted by molar-refractivity contribution is 0.0168. The largest absolute Gasteiger partial charge is 0.298 e. The van der Waals surface area contributed by atoms with Gasteiger partial charge in [-0.3, -0.25) is 4.90 Å². The van der Waals surface area contributed by atoms with Crippen LogP contribution in [0.1, 0.15) is 20.8 Å². The van der Waals surface area contributed by atoms with E-state index in [1.54, 1.807) is 0 Å². The summed E-state index contributed by atoms with van der Waals surface area (Å²) in [6, 6.07) is 0. The number of likely N-dealkylation sites (tertiary alicyclic amines) is 1. The van der Waals surface area contributed by atoms with E-state index in [1.165, 1.54) is 6.26 Å². The fourth-order valence-electron chi connectivity index (χ4n) is 1.52. The van der Waals surface area contributed by atoms with Crippen LogP contribution in [0.2, 0.25) is 0 Å². The number of hydrogen-bond acceptors (Lipinski definition) is 3. The molecule has 0 unspecified atom stereocenters. The van der Waals surface area contributed by atoms with E-state index in [9.17, 15) is 8.42 Å². The van der Waals surface area contributed by atoms with Gasteiger partial charge >= 0.3 is 0 Å². The molecule has 0 aromatic carbocycles. The van der Waals surface area contributed by atoms with E-state index in [-0.39, 0.29) is 5.54 Å². The van der Waals surface area contributed by atoms with E-state index in [4.69, 9.17) is 0 Å². The summed E-state index contributed by atoms with van der Waals surface area (Å²) in [4.78, 5) is 2.35. The fourth-order valence-corrected chi connectivity index (χ4v) is 2.05. The molecule has 14 heavy (non-hydrogen) atoms. The summed E-state index contributed by atoms with van der Waals surface area (Å²) in [6.07, 6.45) is 1.20. The zero-order valence-corrected chi connectivity index (χ0v) is 10.2. The smallest absolute Gasteiger partial charge is 0.208 e. The molecule has 0 atom stereocenters. The minimum Gasteiger partial charge on any atom is -0.298 e. The molecule has 1 aliphatic heterocycles. The second-order valence-corrected chi connectivity index (χ2v) is 6.90. The van der Waals surface area contributed by atoms with E-state index < -0.39 is 10.0 Å². The Bertz CT molecular complexity index is 286. The Morgan fingerprint density at radius 1 is 1.36 bits per heavy atom. The normalized spacial score (nSPS) is 20.9. The molecule has 1 N–H and O–H groups in total. The molecule has 5 heteroatoms. The predicted octanol–water partition coefficient (Wildman–Crippen LogP) is 0.266. The Labute approximate surface area is 86.7 Å². The van der Waals surface area contributed by atoms with Crippen molar-refractivity contribution >= 4 is 10.0 Å². The number of hydrogen-bond donors (Lipinski definition) is 1. The van der Waals surface area contributed by atoms with E-state index in [0.717, 1.165) is 13.1 Å². The van der Waals surface area contributed by atoms with Crippen LogP contribution in [0.4, 0.5) is 0 Å². The molecule has 1 saturated heterocycles. The number of nitrogens with one attached hydrogen (secondary N) is 1. The van der Waals surface area contributed by atoms with Gasteiger partial charge in [0.05, 0.1) is 6.26 Å². The molecule has 84 valence electrons. The Balaban J connectivity index is 2.23. The van der Waals surface area contributed by atoms with Crippen LogP contribution >= 0.6 is 0 Å². The van der Waals surface area contributed by atoms with Gasteiger partial charge in [-0.15, -0.1) is 0 Å². The lowest BCUT2D eigenvalue weighted by Gasteiger charge is -2.47. The predicted molar refractivity (Wildman–Crippen MR) is 57.7 cm³/mol. The topological polar surface area (TPSA) is 49.4 Å². The van der Waals surface area contributed by atoms with Gasteiger partial charge in [0.15, 0.2) is 0 Å². The maximum Gasteiger partial charge on any atom is 0.208 e. The van der Waals surface area contributed by atoms with Crippen molar-refractivity contribution in [3.05, 3.63) is 0 Å². The molecule has 0 aromatic heterocycles. The van der Waals surface area contributed by atoms with Gasteiger partial charge in [0.25, 0.3) is 0 Å². The molecule has 0 aromatic rings. The average molecular weight is 220 g/mol. The molecular formula is C9H20N2O2S. The van der Waals surface area contributed by atoms with Gasteiger partial charge in [0.1, 0.15) is 0 Å². The number of rotatable bonds is 3. The molecular weight excluding hydrogens is 200 g/mol. The Hall–Kier alpha value is -0.130. The van der Waals surface area contributed by atoms with Crippen molar-refractivity contribution in [3.63, 3.8) is 0 Å². The van der Waals surface area contributed by atoms with Crippen molar-refractivity contribution in [1.29, 1.82) is 0 Å². The van der Waals surface area contributed by atoms with E-state index in [2.05, 4.69) is 30.4 Å². The van der Waals surface area contributed by atoms with Crippen LogP contribution in [0.5, 0.6) is 0 Å².